The summed E-state index contributed by atoms with van der Waals surface area (Å²) in [5, 5.41) is 2.72. The van der Waals surface area contributed by atoms with E-state index in [0.29, 0.717) is 12.2 Å². The number of fused-ring (bicyclic) bond motifs is 1. The fourth-order valence-corrected chi connectivity index (χ4v) is 2.14. The third kappa shape index (κ3) is 3.42. The van der Waals surface area contributed by atoms with Gasteiger partial charge in [-0.2, -0.15) is 0 Å². The molecule has 0 aliphatic carbocycles. The largest absolute Gasteiger partial charge is 0.492 e. The first kappa shape index (κ1) is 15.1. The van der Waals surface area contributed by atoms with Crippen LogP contribution in [0.3, 0.4) is 0 Å². The van der Waals surface area contributed by atoms with Crippen LogP contribution in [0.15, 0.2) is 30.4 Å². The molecule has 1 aliphatic heterocycles. The van der Waals surface area contributed by atoms with Gasteiger partial charge < -0.3 is 14.8 Å². The Labute approximate surface area is 123 Å². The lowest BCUT2D eigenvalue weighted by atomic mass is 9.86. The molecular formula is C16H19NO4. The van der Waals surface area contributed by atoms with E-state index in [9.17, 15) is 9.59 Å². The van der Waals surface area contributed by atoms with Crippen LogP contribution in [0.4, 0.5) is 0 Å². The fourth-order valence-electron chi connectivity index (χ4n) is 2.14. The van der Waals surface area contributed by atoms with E-state index >= 15 is 0 Å². The molecule has 21 heavy (non-hydrogen) atoms. The van der Waals surface area contributed by atoms with Crippen molar-refractivity contribution in [3.05, 3.63) is 41.5 Å². The van der Waals surface area contributed by atoms with Crippen molar-refractivity contribution in [2.24, 2.45) is 0 Å². The van der Waals surface area contributed by atoms with Gasteiger partial charge in [0.15, 0.2) is 0 Å². The van der Waals surface area contributed by atoms with E-state index < -0.39 is 5.97 Å². The van der Waals surface area contributed by atoms with Gasteiger partial charge in [-0.05, 0) is 18.2 Å². The summed E-state index contributed by atoms with van der Waals surface area (Å²) in [6.07, 6.45) is 2.82. The summed E-state index contributed by atoms with van der Waals surface area (Å²) in [6, 6.07) is 5.42. The van der Waals surface area contributed by atoms with Gasteiger partial charge >= 0.3 is 5.97 Å². The second-order valence-corrected chi connectivity index (χ2v) is 5.52. The Kier molecular flexibility index (Phi) is 4.31. The zero-order chi connectivity index (χ0) is 15.5. The third-order valence-corrected chi connectivity index (χ3v) is 3.39. The van der Waals surface area contributed by atoms with E-state index in [4.69, 9.17) is 4.74 Å². The van der Waals surface area contributed by atoms with Crippen molar-refractivity contribution >= 4 is 11.9 Å². The van der Waals surface area contributed by atoms with Crippen LogP contribution in [-0.4, -0.2) is 32.1 Å². The molecule has 0 fully saturated rings. The minimum atomic E-state index is -0.444. The first-order valence-electron chi connectivity index (χ1n) is 6.74. The maximum Gasteiger partial charge on any atom is 0.330 e. The number of nitrogens with one attached hydrogen (secondary N) is 1. The number of amides is 1. The predicted molar refractivity (Wildman–Crippen MR) is 78.5 cm³/mol. The molecule has 0 unspecified atom stereocenters. The van der Waals surface area contributed by atoms with Gasteiger partial charge in [0.25, 0.3) is 5.91 Å². The zero-order valence-electron chi connectivity index (χ0n) is 12.4. The number of ether oxygens (including phenoxy) is 2. The molecule has 1 aromatic carbocycles. The fraction of sp³-hybridized carbons (Fsp3) is 0.375. The molecule has 0 atom stereocenters. The lowest BCUT2D eigenvalue weighted by Crippen LogP contribution is -2.24. The molecular weight excluding hydrogens is 270 g/mol. The molecule has 0 radical (unpaired) electrons. The van der Waals surface area contributed by atoms with Gasteiger partial charge in [-0.3, -0.25) is 4.79 Å². The minimum Gasteiger partial charge on any atom is -0.492 e. The Morgan fingerprint density at radius 1 is 1.43 bits per heavy atom. The van der Waals surface area contributed by atoms with Crippen molar-refractivity contribution in [2.45, 2.75) is 19.3 Å². The molecule has 0 aromatic heterocycles. The molecule has 0 saturated heterocycles. The summed E-state index contributed by atoms with van der Waals surface area (Å²) in [6.45, 7) is 5.05. The van der Waals surface area contributed by atoms with Gasteiger partial charge in [0, 0.05) is 29.2 Å². The number of benzene rings is 1. The highest BCUT2D eigenvalue weighted by Gasteiger charge is 2.32. The first-order valence-corrected chi connectivity index (χ1v) is 6.74. The number of hydrogen-bond donors (Lipinski definition) is 1. The predicted octanol–water partition coefficient (Wildman–Crippen LogP) is 1.82. The van der Waals surface area contributed by atoms with Crippen LogP contribution in [-0.2, 0) is 14.9 Å². The summed E-state index contributed by atoms with van der Waals surface area (Å²) >= 11 is 0. The molecule has 2 rings (SSSR count). The quantitative estimate of drug-likeness (QED) is 0.678. The van der Waals surface area contributed by atoms with Crippen molar-refractivity contribution in [3.8, 4) is 5.75 Å². The Bertz CT molecular complexity index is 590. The van der Waals surface area contributed by atoms with Crippen molar-refractivity contribution in [3.63, 3.8) is 0 Å². The summed E-state index contributed by atoms with van der Waals surface area (Å²) in [4.78, 5) is 23.0. The topological polar surface area (TPSA) is 64.6 Å². The average Bonchev–Trinajstić information content (AvgIpc) is 2.78. The summed E-state index contributed by atoms with van der Waals surface area (Å²) in [7, 11) is 1.31. The molecule has 0 spiro atoms. The maximum absolute atomic E-state index is 12.1. The van der Waals surface area contributed by atoms with Crippen LogP contribution in [0.2, 0.25) is 0 Å². The maximum atomic E-state index is 12.1. The summed E-state index contributed by atoms with van der Waals surface area (Å²) in [5.41, 5.74) is 1.54. The van der Waals surface area contributed by atoms with E-state index in [2.05, 4.69) is 23.9 Å². The third-order valence-electron chi connectivity index (χ3n) is 3.39. The van der Waals surface area contributed by atoms with Crippen LogP contribution in [0.5, 0.6) is 5.75 Å². The molecule has 5 heteroatoms. The van der Waals surface area contributed by atoms with E-state index in [-0.39, 0.29) is 17.9 Å². The Balaban J connectivity index is 2.01. The van der Waals surface area contributed by atoms with E-state index in [0.717, 1.165) is 11.3 Å². The molecule has 1 N–H and O–H groups in total. The molecule has 1 aromatic rings. The minimum absolute atomic E-state index is 0.0869. The van der Waals surface area contributed by atoms with Crippen molar-refractivity contribution in [2.75, 3.05) is 20.3 Å². The molecule has 0 bridgehead atoms. The number of methoxy groups -OCH3 is 1. The van der Waals surface area contributed by atoms with Gasteiger partial charge in [-0.15, -0.1) is 0 Å². The zero-order valence-corrected chi connectivity index (χ0v) is 12.4. The number of rotatable bonds is 4. The smallest absolute Gasteiger partial charge is 0.330 e. The first-order chi connectivity index (χ1) is 9.94. The van der Waals surface area contributed by atoms with E-state index in [1.165, 1.54) is 13.2 Å². The van der Waals surface area contributed by atoms with Crippen molar-refractivity contribution < 1.29 is 19.1 Å². The molecule has 1 heterocycles. The van der Waals surface area contributed by atoms with E-state index in [1.807, 2.05) is 12.1 Å². The number of carbonyl (C=O) groups is 2. The van der Waals surface area contributed by atoms with Gasteiger partial charge in [0.2, 0.25) is 0 Å². The van der Waals surface area contributed by atoms with Crippen LogP contribution in [0.1, 0.15) is 29.8 Å². The van der Waals surface area contributed by atoms with Gasteiger partial charge in [-0.25, -0.2) is 4.79 Å². The van der Waals surface area contributed by atoms with Crippen molar-refractivity contribution in [1.29, 1.82) is 0 Å². The highest BCUT2D eigenvalue weighted by molar-refractivity contribution is 5.95. The monoisotopic (exact) mass is 289 g/mol. The average molecular weight is 289 g/mol. The van der Waals surface area contributed by atoms with Crippen LogP contribution in [0.25, 0.3) is 0 Å². The van der Waals surface area contributed by atoms with Crippen LogP contribution >= 0.6 is 0 Å². The SMILES string of the molecule is COC(=O)/C=C/CNC(=O)c1ccc2c(c1)C(C)(C)CO2. The number of esters is 1. The van der Waals surface area contributed by atoms with Crippen LogP contribution in [0, 0.1) is 0 Å². The van der Waals surface area contributed by atoms with E-state index in [1.54, 1.807) is 12.1 Å². The molecule has 5 nitrogen and oxygen atoms in total. The highest BCUT2D eigenvalue weighted by Crippen LogP contribution is 2.38. The van der Waals surface area contributed by atoms with Gasteiger partial charge in [0.05, 0.1) is 13.7 Å². The lowest BCUT2D eigenvalue weighted by Gasteiger charge is -2.15. The molecule has 112 valence electrons. The normalized spacial score (nSPS) is 15.4. The lowest BCUT2D eigenvalue weighted by molar-refractivity contribution is -0.134. The Morgan fingerprint density at radius 2 is 2.19 bits per heavy atom. The van der Waals surface area contributed by atoms with Crippen molar-refractivity contribution in [1.82, 2.24) is 5.32 Å². The number of carbonyl (C=O) groups excluding carboxylic acids is 2. The standard InChI is InChI=1S/C16H19NO4/c1-16(2)10-21-13-7-6-11(9-12(13)16)15(19)17-8-4-5-14(18)20-3/h4-7,9H,8,10H2,1-3H3,(H,17,19)/b5-4+. The number of hydrogen-bond acceptors (Lipinski definition) is 4. The second kappa shape index (κ2) is 5.99. The molecule has 1 aliphatic rings. The highest BCUT2D eigenvalue weighted by atomic mass is 16.5. The van der Waals surface area contributed by atoms with Gasteiger partial charge in [0.1, 0.15) is 5.75 Å². The Morgan fingerprint density at radius 3 is 2.90 bits per heavy atom. The second-order valence-electron chi connectivity index (χ2n) is 5.52. The summed E-state index contributed by atoms with van der Waals surface area (Å²) < 4.78 is 10.1. The molecule has 1 amide bonds. The van der Waals surface area contributed by atoms with Crippen LogP contribution < -0.4 is 10.1 Å². The molecule has 0 saturated carbocycles. The Hall–Kier alpha value is -2.30. The summed E-state index contributed by atoms with van der Waals surface area (Å²) in [5.74, 6) is 0.206. The van der Waals surface area contributed by atoms with Gasteiger partial charge in [-0.1, -0.05) is 19.9 Å².